The van der Waals surface area contributed by atoms with Crippen molar-refractivity contribution in [2.45, 2.75) is 0 Å². The van der Waals surface area contributed by atoms with Crippen LogP contribution in [0.2, 0.25) is 0 Å². The Labute approximate surface area is 373 Å². The summed E-state index contributed by atoms with van der Waals surface area (Å²) in [6, 6.07) is 15.5. The molecule has 0 saturated heterocycles. The second-order valence-corrected chi connectivity index (χ2v) is 15.8. The molecule has 0 spiro atoms. The summed E-state index contributed by atoms with van der Waals surface area (Å²) in [7, 11) is -11.1. The topological polar surface area (TPSA) is 200 Å². The van der Waals surface area contributed by atoms with E-state index in [4.69, 9.17) is 8.83 Å². The van der Waals surface area contributed by atoms with Crippen molar-refractivity contribution in [3.8, 4) is 33.8 Å². The SMILES string of the molecule is O=S(=O)([O-])OC(=C\c1cc(Br)c2occ(-c3ccc(O)c(Br)c3)c2c1)/C(=C\c1cc(Br)c2occ(-c3ccc(O)c(Br)c3)c2c1)OS(=O)(=O)[O-].[Na+].[Na+]. The fraction of sp³-hybridized carbons (Fsp3) is 0. The van der Waals surface area contributed by atoms with Crippen LogP contribution in [0.4, 0.5) is 0 Å². The van der Waals surface area contributed by atoms with Gasteiger partial charge in [-0.05, 0) is 147 Å². The Morgan fingerprint density at radius 1 is 0.596 bits per heavy atom. The molecule has 20 heteroatoms. The molecule has 0 saturated carbocycles. The minimum atomic E-state index is -5.57. The van der Waals surface area contributed by atoms with Gasteiger partial charge in [-0.15, -0.1) is 0 Å². The summed E-state index contributed by atoms with van der Waals surface area (Å²) >= 11 is 13.3. The third-order valence-corrected chi connectivity index (χ3v) is 10.3. The van der Waals surface area contributed by atoms with Crippen LogP contribution in [0.15, 0.2) is 111 Å². The van der Waals surface area contributed by atoms with Gasteiger partial charge < -0.3 is 36.5 Å². The third-order valence-electron chi connectivity index (χ3n) is 7.04. The first-order valence-corrected chi connectivity index (χ1v) is 19.4. The second-order valence-electron chi connectivity index (χ2n) is 10.4. The molecule has 0 aliphatic carbocycles. The Kier molecular flexibility index (Phi) is 14.1. The van der Waals surface area contributed by atoms with E-state index in [9.17, 15) is 36.2 Å². The molecule has 258 valence electrons. The third kappa shape index (κ3) is 9.97. The summed E-state index contributed by atoms with van der Waals surface area (Å²) in [6.45, 7) is 0. The Morgan fingerprint density at radius 2 is 0.962 bits per heavy atom. The summed E-state index contributed by atoms with van der Waals surface area (Å²) < 4.78 is 93.9. The molecule has 2 N–H and O–H groups in total. The van der Waals surface area contributed by atoms with E-state index in [2.05, 4.69) is 72.1 Å². The summed E-state index contributed by atoms with van der Waals surface area (Å²) in [5, 5.41) is 20.8. The normalized spacial score (nSPS) is 12.4. The molecule has 0 amide bonds. The molecule has 0 radical (unpaired) electrons. The quantitative estimate of drug-likeness (QED) is 0.0706. The minimum Gasteiger partial charge on any atom is -0.716 e. The van der Waals surface area contributed by atoms with Gasteiger partial charge in [0.15, 0.2) is 11.5 Å². The zero-order valence-electron chi connectivity index (χ0n) is 26.4. The maximum atomic E-state index is 11.9. The molecule has 12 nitrogen and oxygen atoms in total. The van der Waals surface area contributed by atoms with Gasteiger partial charge in [0, 0.05) is 21.9 Å². The number of furan rings is 2. The van der Waals surface area contributed by atoms with Gasteiger partial charge in [0.2, 0.25) is 0 Å². The van der Waals surface area contributed by atoms with Crippen molar-refractivity contribution in [2.75, 3.05) is 0 Å². The monoisotopic (exact) mass is 1020 g/mol. The van der Waals surface area contributed by atoms with Gasteiger partial charge in [0.25, 0.3) is 20.8 Å². The van der Waals surface area contributed by atoms with Gasteiger partial charge in [-0.2, -0.15) is 0 Å². The molecule has 2 heterocycles. The smallest absolute Gasteiger partial charge is 0.716 e. The number of hydrogen-bond donors (Lipinski definition) is 2. The fourth-order valence-electron chi connectivity index (χ4n) is 4.99. The number of halogens is 4. The average Bonchev–Trinajstić information content (AvgIpc) is 3.63. The van der Waals surface area contributed by atoms with Gasteiger partial charge in [-0.25, -0.2) is 16.8 Å². The van der Waals surface area contributed by atoms with Crippen molar-refractivity contribution >= 4 is 119 Å². The van der Waals surface area contributed by atoms with Crippen LogP contribution in [0, 0.1) is 0 Å². The van der Waals surface area contributed by atoms with Crippen LogP contribution < -0.4 is 59.1 Å². The largest absolute Gasteiger partial charge is 1.00 e. The number of aromatic hydroxyl groups is 2. The summed E-state index contributed by atoms with van der Waals surface area (Å²) in [5.41, 5.74) is 3.44. The van der Waals surface area contributed by atoms with Gasteiger partial charge in [0.1, 0.15) is 22.7 Å². The molecule has 4 aromatic carbocycles. The van der Waals surface area contributed by atoms with Crippen molar-refractivity contribution in [3.63, 3.8) is 0 Å². The zero-order valence-corrected chi connectivity index (χ0v) is 38.4. The Hall–Kier alpha value is -1.62. The van der Waals surface area contributed by atoms with E-state index in [-0.39, 0.29) is 81.7 Å². The Morgan fingerprint density at radius 3 is 1.29 bits per heavy atom. The number of phenols is 2. The Balaban J connectivity index is 0.00000302. The van der Waals surface area contributed by atoms with Crippen molar-refractivity contribution < 1.29 is 112 Å². The van der Waals surface area contributed by atoms with Crippen molar-refractivity contribution in [3.05, 3.63) is 114 Å². The van der Waals surface area contributed by atoms with E-state index >= 15 is 0 Å². The number of fused-ring (bicyclic) bond motifs is 2. The van der Waals surface area contributed by atoms with Gasteiger partial charge in [-0.1, -0.05) is 12.1 Å². The number of hydrogen-bond acceptors (Lipinski definition) is 12. The second kappa shape index (κ2) is 17.0. The summed E-state index contributed by atoms with van der Waals surface area (Å²) in [4.78, 5) is 0. The molecule has 0 fully saturated rings. The van der Waals surface area contributed by atoms with E-state index in [1.165, 1.54) is 48.9 Å². The van der Waals surface area contributed by atoms with Crippen LogP contribution in [-0.2, 0) is 29.2 Å². The predicted octanol–water partition coefficient (Wildman–Crippen LogP) is 3.32. The fourth-order valence-corrected chi connectivity index (χ4v) is 7.59. The van der Waals surface area contributed by atoms with E-state index in [0.29, 0.717) is 62.1 Å². The molecule has 6 rings (SSSR count). The van der Waals surface area contributed by atoms with Crippen LogP contribution in [0.25, 0.3) is 56.3 Å². The molecule has 0 aliphatic rings. The maximum Gasteiger partial charge on any atom is 1.00 e. The average molecular weight is 1020 g/mol. The van der Waals surface area contributed by atoms with Gasteiger partial charge >= 0.3 is 59.1 Å². The Bertz CT molecular complexity index is 2460. The first-order valence-electron chi connectivity index (χ1n) is 13.6. The van der Waals surface area contributed by atoms with Crippen LogP contribution >= 0.6 is 63.7 Å². The molecule has 0 atom stereocenters. The van der Waals surface area contributed by atoms with E-state index < -0.39 is 32.3 Å². The number of phenolic OH excluding ortho intramolecular Hbond substituents is 2. The first kappa shape index (κ1) is 43.1. The molecular weight excluding hydrogens is 1010 g/mol. The predicted molar refractivity (Wildman–Crippen MR) is 195 cm³/mol. The van der Waals surface area contributed by atoms with Gasteiger partial charge in [-0.3, -0.25) is 0 Å². The molecule has 6 aromatic rings. The van der Waals surface area contributed by atoms with E-state index in [1.54, 1.807) is 24.3 Å². The van der Waals surface area contributed by atoms with E-state index in [0.717, 1.165) is 12.2 Å². The zero-order chi connectivity index (χ0) is 36.1. The van der Waals surface area contributed by atoms with Crippen LogP contribution in [0.5, 0.6) is 11.5 Å². The number of benzene rings is 4. The molecule has 0 unspecified atom stereocenters. The standard InChI is InChI=1S/C32H18Br4O12S2.2Na/c33-23-11-17(1-3-27(23)37)21-13-45-31-19(21)5-15(7-25(31)35)9-29(47-49(39,40)41)30(48-50(42,43)44)10-16-6-20-22(14-46-32(20)26(36)8-16)18-2-4-28(38)24(34)12-18;;/h1-14,37-38H,(H,39,40,41)(H,42,43,44);;/q;2*+1/p-2/b29-9-,30-10+;;. The first-order chi connectivity index (χ1) is 23.5. The molecule has 0 bridgehead atoms. The van der Waals surface area contributed by atoms with E-state index in [1.807, 2.05) is 0 Å². The van der Waals surface area contributed by atoms with Crippen molar-refractivity contribution in [2.24, 2.45) is 0 Å². The maximum absolute atomic E-state index is 11.9. The van der Waals surface area contributed by atoms with Crippen LogP contribution in [0.1, 0.15) is 11.1 Å². The van der Waals surface area contributed by atoms with Crippen LogP contribution in [-0.4, -0.2) is 36.2 Å². The molecule has 2 aromatic heterocycles. The van der Waals surface area contributed by atoms with Crippen molar-refractivity contribution in [1.82, 2.24) is 0 Å². The molecule has 52 heavy (non-hydrogen) atoms. The van der Waals surface area contributed by atoms with Gasteiger partial charge in [0.05, 0.1) is 30.4 Å². The minimum absolute atomic E-state index is 0. The van der Waals surface area contributed by atoms with Crippen LogP contribution in [0.3, 0.4) is 0 Å². The summed E-state index contributed by atoms with van der Waals surface area (Å²) in [5.74, 6) is -1.87. The summed E-state index contributed by atoms with van der Waals surface area (Å²) in [6.07, 6.45) is 4.89. The molecular formula is C32H16Br4Na2O12S2. The molecule has 0 aliphatic heterocycles. The van der Waals surface area contributed by atoms with Crippen molar-refractivity contribution in [1.29, 1.82) is 0 Å². The number of rotatable bonds is 9.